The van der Waals surface area contributed by atoms with E-state index in [9.17, 15) is 18.8 Å². The molecule has 204 valence electrons. The third-order valence-corrected chi connectivity index (χ3v) is 6.05. The fraction of sp³-hybridized carbons (Fsp3) is 0.214. The molecule has 4 aromatic rings. The predicted molar refractivity (Wildman–Crippen MR) is 144 cm³/mol. The van der Waals surface area contributed by atoms with Crippen LogP contribution in [0, 0.1) is 23.0 Å². The summed E-state index contributed by atoms with van der Waals surface area (Å²) in [7, 11) is 0. The van der Waals surface area contributed by atoms with Gasteiger partial charge in [0.05, 0.1) is 29.8 Å². The largest absolute Gasteiger partial charge is 0.396 e. The number of nitrogens with one attached hydrogen (secondary N) is 2. The molecule has 0 aliphatic heterocycles. The number of benzene rings is 2. The molecule has 0 unspecified atom stereocenters. The fourth-order valence-corrected chi connectivity index (χ4v) is 3.85. The van der Waals surface area contributed by atoms with Crippen molar-refractivity contribution < 1.29 is 18.7 Å². The second-order valence-electron chi connectivity index (χ2n) is 8.90. The zero-order chi connectivity index (χ0) is 28.6. The van der Waals surface area contributed by atoms with Crippen LogP contribution in [0.1, 0.15) is 52.4 Å². The van der Waals surface area contributed by atoms with Gasteiger partial charge in [0.25, 0.3) is 5.91 Å². The smallest absolute Gasteiger partial charge is 0.274 e. The lowest BCUT2D eigenvalue weighted by Gasteiger charge is -2.16. The van der Waals surface area contributed by atoms with Gasteiger partial charge in [0.1, 0.15) is 11.9 Å². The normalized spacial score (nSPS) is 11.5. The molecule has 40 heavy (non-hydrogen) atoms. The van der Waals surface area contributed by atoms with Crippen LogP contribution in [0.25, 0.3) is 11.3 Å². The first kappa shape index (κ1) is 28.0. The van der Waals surface area contributed by atoms with E-state index in [-0.39, 0.29) is 30.4 Å². The van der Waals surface area contributed by atoms with Crippen LogP contribution in [0.2, 0.25) is 0 Å². The molecule has 0 saturated heterocycles. The average molecular weight is 545 g/mol. The molecule has 12 heteroatoms. The summed E-state index contributed by atoms with van der Waals surface area (Å²) in [5.74, 6) is -2.17. The van der Waals surface area contributed by atoms with Crippen molar-refractivity contribution in [3.8, 4) is 17.3 Å². The third-order valence-electron chi connectivity index (χ3n) is 6.05. The number of nitrogens with zero attached hydrogens (tertiary/aromatic N) is 5. The Kier molecular flexibility index (Phi) is 8.88. The number of hydrogen-bond acceptors (Lipinski definition) is 9. The first-order valence-electron chi connectivity index (χ1n) is 12.4. The Labute approximate surface area is 229 Å². The number of hydrogen-bond donors (Lipinski definition) is 4. The van der Waals surface area contributed by atoms with Gasteiger partial charge in [0.2, 0.25) is 0 Å². The summed E-state index contributed by atoms with van der Waals surface area (Å²) in [6, 6.07) is 12.0. The van der Waals surface area contributed by atoms with Crippen LogP contribution >= 0.6 is 0 Å². The third kappa shape index (κ3) is 6.69. The van der Waals surface area contributed by atoms with Crippen molar-refractivity contribution in [1.82, 2.24) is 25.3 Å². The quantitative estimate of drug-likeness (QED) is 0.233. The maximum Gasteiger partial charge on any atom is 0.274 e. The Balaban J connectivity index is 1.47. The summed E-state index contributed by atoms with van der Waals surface area (Å²) in [6.07, 6.45) is 3.89. The lowest BCUT2D eigenvalue weighted by Crippen LogP contribution is -2.29. The number of nitriles is 1. The number of carbonyl (C=O) groups is 1. The van der Waals surface area contributed by atoms with Crippen molar-refractivity contribution in [3.63, 3.8) is 0 Å². The number of nitrogens with two attached hydrogens (primary N) is 1. The van der Waals surface area contributed by atoms with Gasteiger partial charge >= 0.3 is 0 Å². The van der Waals surface area contributed by atoms with Gasteiger partial charge in [-0.3, -0.25) is 4.79 Å². The van der Waals surface area contributed by atoms with Crippen molar-refractivity contribution in [2.75, 3.05) is 17.7 Å². The van der Waals surface area contributed by atoms with E-state index in [1.165, 1.54) is 12.3 Å². The monoisotopic (exact) mass is 544 g/mol. The van der Waals surface area contributed by atoms with Gasteiger partial charge in [-0.25, -0.2) is 28.7 Å². The van der Waals surface area contributed by atoms with Crippen molar-refractivity contribution in [2.24, 2.45) is 0 Å². The molecule has 0 aliphatic carbocycles. The second-order valence-corrected chi connectivity index (χ2v) is 8.90. The first-order chi connectivity index (χ1) is 19.3. The number of amides is 1. The molecule has 5 N–H and O–H groups in total. The maximum absolute atomic E-state index is 13.6. The summed E-state index contributed by atoms with van der Waals surface area (Å²) < 4.78 is 26.9. The summed E-state index contributed by atoms with van der Waals surface area (Å²) in [5.41, 5.74) is 9.05. The van der Waals surface area contributed by atoms with Gasteiger partial charge in [-0.1, -0.05) is 30.3 Å². The molecular formula is C28H26F2N8O2. The Morgan fingerprint density at radius 1 is 1.10 bits per heavy atom. The molecule has 2 aromatic heterocycles. The predicted octanol–water partition coefficient (Wildman–Crippen LogP) is 3.69. The van der Waals surface area contributed by atoms with Crippen LogP contribution in [0.4, 0.5) is 20.4 Å². The summed E-state index contributed by atoms with van der Waals surface area (Å²) in [6.45, 7) is 1.93. The molecule has 4 rings (SSSR count). The number of halogens is 2. The van der Waals surface area contributed by atoms with E-state index in [1.807, 2.05) is 30.3 Å². The summed E-state index contributed by atoms with van der Waals surface area (Å²) in [4.78, 5) is 30.1. The van der Waals surface area contributed by atoms with Gasteiger partial charge < -0.3 is 21.5 Å². The Morgan fingerprint density at radius 3 is 2.58 bits per heavy atom. The van der Waals surface area contributed by atoms with Crippen molar-refractivity contribution in [2.45, 2.75) is 32.4 Å². The van der Waals surface area contributed by atoms with Gasteiger partial charge in [-0.15, -0.1) is 0 Å². The number of aliphatic hydroxyl groups excluding tert-OH is 1. The van der Waals surface area contributed by atoms with E-state index < -0.39 is 23.6 Å². The molecule has 0 radical (unpaired) electrons. The zero-order valence-corrected chi connectivity index (χ0v) is 21.5. The van der Waals surface area contributed by atoms with E-state index in [1.54, 1.807) is 13.1 Å². The van der Waals surface area contributed by atoms with Crippen LogP contribution < -0.4 is 16.4 Å². The van der Waals surface area contributed by atoms with E-state index in [4.69, 9.17) is 10.8 Å². The summed E-state index contributed by atoms with van der Waals surface area (Å²) >= 11 is 0. The number of anilines is 2. The fourth-order valence-electron chi connectivity index (χ4n) is 3.85. The average Bonchev–Trinajstić information content (AvgIpc) is 2.97. The highest BCUT2D eigenvalue weighted by molar-refractivity contribution is 5.97. The number of nitrogen functional groups attached to an aromatic ring is 1. The SMILES string of the molecule is C[C@H](NC(=O)c1nc(C#N)cnc1NCc1ccc(-c2cnc(N)c(CCCO)n2)cc1)c1ccc(F)c(F)c1. The maximum atomic E-state index is 13.6. The van der Waals surface area contributed by atoms with Gasteiger partial charge in [-0.05, 0) is 43.0 Å². The Bertz CT molecular complexity index is 1560. The second kappa shape index (κ2) is 12.7. The molecule has 2 heterocycles. The lowest BCUT2D eigenvalue weighted by molar-refractivity contribution is 0.0935. The summed E-state index contributed by atoms with van der Waals surface area (Å²) in [5, 5.41) is 24.1. The molecule has 10 nitrogen and oxygen atoms in total. The van der Waals surface area contributed by atoms with E-state index in [0.29, 0.717) is 35.6 Å². The minimum atomic E-state index is -1.02. The molecule has 0 spiro atoms. The van der Waals surface area contributed by atoms with Gasteiger partial charge in [0.15, 0.2) is 28.8 Å². The van der Waals surface area contributed by atoms with Crippen LogP contribution in [0.5, 0.6) is 0 Å². The van der Waals surface area contributed by atoms with Crippen LogP contribution in [0.3, 0.4) is 0 Å². The van der Waals surface area contributed by atoms with Crippen molar-refractivity contribution >= 4 is 17.5 Å². The standard InChI is InChI=1S/C28H26F2N8O2/c1-16(19-8-9-21(29)22(30)11-19)36-28(40)25-27(35-14-20(12-31)37-25)34-13-17-4-6-18(7-5-17)24-15-33-26(32)23(38-24)3-2-10-39/h4-9,11,14-16,39H,2-3,10,13H2,1H3,(H2,32,33)(H,34,35)(H,36,40)/t16-/m0/s1. The Hall–Kier alpha value is -5.02. The molecule has 0 saturated carbocycles. The number of aromatic nitrogens is 4. The van der Waals surface area contributed by atoms with Gasteiger partial charge in [0, 0.05) is 18.7 Å². The number of carbonyl (C=O) groups excluding carboxylic acids is 1. The van der Waals surface area contributed by atoms with Crippen LogP contribution in [0.15, 0.2) is 54.9 Å². The van der Waals surface area contributed by atoms with E-state index in [2.05, 4.69) is 30.6 Å². The highest BCUT2D eigenvalue weighted by atomic mass is 19.2. The minimum Gasteiger partial charge on any atom is -0.396 e. The molecule has 1 atom stereocenters. The number of rotatable bonds is 10. The highest BCUT2D eigenvalue weighted by Crippen LogP contribution is 2.21. The van der Waals surface area contributed by atoms with Crippen LogP contribution in [-0.4, -0.2) is 37.6 Å². The highest BCUT2D eigenvalue weighted by Gasteiger charge is 2.19. The number of aliphatic hydroxyl groups is 1. The molecular weight excluding hydrogens is 518 g/mol. The minimum absolute atomic E-state index is 0.0350. The molecule has 1 amide bonds. The van der Waals surface area contributed by atoms with E-state index in [0.717, 1.165) is 23.3 Å². The Morgan fingerprint density at radius 2 is 1.88 bits per heavy atom. The number of aryl methyl sites for hydroxylation is 1. The molecule has 0 fully saturated rings. The molecule has 0 bridgehead atoms. The first-order valence-corrected chi connectivity index (χ1v) is 12.4. The van der Waals surface area contributed by atoms with Crippen molar-refractivity contribution in [1.29, 1.82) is 5.26 Å². The van der Waals surface area contributed by atoms with E-state index >= 15 is 0 Å². The van der Waals surface area contributed by atoms with Crippen molar-refractivity contribution in [3.05, 3.63) is 94.7 Å². The molecule has 0 aliphatic rings. The van der Waals surface area contributed by atoms with Gasteiger partial charge in [-0.2, -0.15) is 5.26 Å². The molecule has 2 aromatic carbocycles. The van der Waals surface area contributed by atoms with Crippen LogP contribution in [-0.2, 0) is 13.0 Å². The zero-order valence-electron chi connectivity index (χ0n) is 21.5. The lowest BCUT2D eigenvalue weighted by atomic mass is 10.1. The topological polar surface area (TPSA) is 163 Å².